The van der Waals surface area contributed by atoms with E-state index in [0.29, 0.717) is 15.0 Å². The first kappa shape index (κ1) is 12.6. The summed E-state index contributed by atoms with van der Waals surface area (Å²) in [6.07, 6.45) is 0. The second-order valence-corrected chi connectivity index (χ2v) is 7.15. The summed E-state index contributed by atoms with van der Waals surface area (Å²) >= 11 is 4.09. The van der Waals surface area contributed by atoms with Crippen LogP contribution in [0.2, 0.25) is 0 Å². The van der Waals surface area contributed by atoms with E-state index in [1.54, 1.807) is 0 Å². The van der Waals surface area contributed by atoms with Crippen molar-refractivity contribution in [2.24, 2.45) is 0 Å². The molecular formula is C15H13BrSe. The van der Waals surface area contributed by atoms with Crippen LogP contribution in [0.5, 0.6) is 0 Å². The first-order valence-corrected chi connectivity index (χ1v) is 7.92. The van der Waals surface area contributed by atoms with Crippen molar-refractivity contribution in [3.63, 3.8) is 0 Å². The molecule has 17 heavy (non-hydrogen) atoms. The Morgan fingerprint density at radius 3 is 2.00 bits per heavy atom. The zero-order chi connectivity index (χ0) is 12.1. The first-order chi connectivity index (χ1) is 8.27. The van der Waals surface area contributed by atoms with Crippen molar-refractivity contribution in [3.05, 3.63) is 70.7 Å². The Morgan fingerprint density at radius 1 is 0.882 bits per heavy atom. The first-order valence-electron chi connectivity index (χ1n) is 5.42. The molecule has 2 aromatic rings. The number of hydrogen-bond acceptors (Lipinski definition) is 0. The predicted molar refractivity (Wildman–Crippen MR) is 79.8 cm³/mol. The monoisotopic (exact) mass is 352 g/mol. The van der Waals surface area contributed by atoms with E-state index in [4.69, 9.17) is 0 Å². The molecule has 86 valence electrons. The van der Waals surface area contributed by atoms with Crippen LogP contribution in [0.3, 0.4) is 0 Å². The van der Waals surface area contributed by atoms with Crippen molar-refractivity contribution < 1.29 is 0 Å². The molecule has 2 heteroatoms. The third-order valence-electron chi connectivity index (χ3n) is 2.35. The van der Waals surface area contributed by atoms with E-state index in [0.717, 1.165) is 0 Å². The molecule has 0 nitrogen and oxygen atoms in total. The number of halogens is 1. The van der Waals surface area contributed by atoms with Crippen LogP contribution < -0.4 is 4.46 Å². The predicted octanol–water partition coefficient (Wildman–Crippen LogP) is 3.80. The molecule has 0 spiro atoms. The van der Waals surface area contributed by atoms with E-state index in [-0.39, 0.29) is 0 Å². The third kappa shape index (κ3) is 3.57. The quantitative estimate of drug-likeness (QED) is 0.738. The minimum atomic E-state index is 0.385. The average molecular weight is 352 g/mol. The molecule has 2 rings (SSSR count). The Balaban J connectivity index is 2.22. The van der Waals surface area contributed by atoms with Gasteiger partial charge in [0.1, 0.15) is 0 Å². The summed E-state index contributed by atoms with van der Waals surface area (Å²) < 4.78 is 4.04. The Bertz CT molecular complexity index is 503. The van der Waals surface area contributed by atoms with Crippen LogP contribution in [0.4, 0.5) is 0 Å². The SMILES string of the molecule is C/C([Se]c1ccccc1)=C(\Br)c1ccccc1. The molecule has 0 aliphatic rings. The van der Waals surface area contributed by atoms with E-state index >= 15 is 0 Å². The summed E-state index contributed by atoms with van der Waals surface area (Å²) in [6, 6.07) is 21.1. The molecule has 0 aliphatic carbocycles. The van der Waals surface area contributed by atoms with Crippen molar-refractivity contribution >= 4 is 39.8 Å². The van der Waals surface area contributed by atoms with Crippen LogP contribution in [-0.4, -0.2) is 15.0 Å². The van der Waals surface area contributed by atoms with Gasteiger partial charge in [0, 0.05) is 0 Å². The molecule has 0 aliphatic heterocycles. The number of rotatable bonds is 3. The Hall–Kier alpha value is -0.821. The zero-order valence-electron chi connectivity index (χ0n) is 9.56. The normalized spacial score (nSPS) is 12.1. The van der Waals surface area contributed by atoms with E-state index < -0.39 is 0 Å². The van der Waals surface area contributed by atoms with Gasteiger partial charge in [0.15, 0.2) is 0 Å². The van der Waals surface area contributed by atoms with Crippen molar-refractivity contribution in [2.75, 3.05) is 0 Å². The molecule has 0 heterocycles. The van der Waals surface area contributed by atoms with Crippen LogP contribution >= 0.6 is 15.9 Å². The van der Waals surface area contributed by atoms with Gasteiger partial charge in [-0.2, -0.15) is 0 Å². The third-order valence-corrected chi connectivity index (χ3v) is 6.13. The van der Waals surface area contributed by atoms with E-state index in [9.17, 15) is 0 Å². The average Bonchev–Trinajstić information content (AvgIpc) is 2.40. The fourth-order valence-electron chi connectivity index (χ4n) is 1.50. The molecule has 0 unspecified atom stereocenters. The summed E-state index contributed by atoms with van der Waals surface area (Å²) in [4.78, 5) is 0. The Labute approximate surface area is 117 Å². The Morgan fingerprint density at radius 2 is 1.41 bits per heavy atom. The maximum atomic E-state index is 3.70. The van der Waals surface area contributed by atoms with Gasteiger partial charge in [-0.25, -0.2) is 0 Å². The van der Waals surface area contributed by atoms with E-state index in [1.807, 2.05) is 6.07 Å². The maximum absolute atomic E-state index is 3.70. The molecular weight excluding hydrogens is 339 g/mol. The molecule has 2 aromatic carbocycles. The number of hydrogen-bond donors (Lipinski definition) is 0. The minimum absolute atomic E-state index is 0.385. The van der Waals surface area contributed by atoms with Gasteiger partial charge in [-0.3, -0.25) is 0 Å². The van der Waals surface area contributed by atoms with Gasteiger partial charge in [-0.15, -0.1) is 0 Å². The van der Waals surface area contributed by atoms with Gasteiger partial charge in [0.25, 0.3) is 0 Å². The second kappa shape index (κ2) is 6.20. The summed E-state index contributed by atoms with van der Waals surface area (Å²) in [5.74, 6) is 0. The summed E-state index contributed by atoms with van der Waals surface area (Å²) in [6.45, 7) is 2.20. The molecule has 0 saturated heterocycles. The van der Waals surface area contributed by atoms with Crippen LogP contribution in [0.1, 0.15) is 12.5 Å². The van der Waals surface area contributed by atoms with E-state index in [1.165, 1.54) is 19.0 Å². The van der Waals surface area contributed by atoms with Crippen molar-refractivity contribution in [3.8, 4) is 0 Å². The summed E-state index contributed by atoms with van der Waals surface area (Å²) in [7, 11) is 0. The van der Waals surface area contributed by atoms with E-state index in [2.05, 4.69) is 77.5 Å². The van der Waals surface area contributed by atoms with Crippen LogP contribution in [0.15, 0.2) is 65.1 Å². The fourth-order valence-corrected chi connectivity index (χ4v) is 3.97. The van der Waals surface area contributed by atoms with Gasteiger partial charge in [-0.1, -0.05) is 0 Å². The van der Waals surface area contributed by atoms with Crippen molar-refractivity contribution in [2.45, 2.75) is 6.92 Å². The van der Waals surface area contributed by atoms with Gasteiger partial charge in [0.05, 0.1) is 0 Å². The molecule has 0 bridgehead atoms. The van der Waals surface area contributed by atoms with Gasteiger partial charge in [-0.05, 0) is 0 Å². The summed E-state index contributed by atoms with van der Waals surface area (Å²) in [5, 5.41) is 0. The molecule has 0 amide bonds. The molecule has 0 N–H and O–H groups in total. The Kier molecular flexibility index (Phi) is 4.61. The van der Waals surface area contributed by atoms with Gasteiger partial charge >= 0.3 is 117 Å². The standard InChI is InChI=1S/C15H13BrSe/c1-12(17-14-10-6-3-7-11-14)15(16)13-8-4-2-5-9-13/h2-11H,1H3/b15-12+. The number of allylic oxidation sites excluding steroid dienone is 1. The zero-order valence-corrected chi connectivity index (χ0v) is 12.9. The van der Waals surface area contributed by atoms with Crippen LogP contribution in [0, 0.1) is 0 Å². The van der Waals surface area contributed by atoms with Crippen LogP contribution in [0.25, 0.3) is 4.48 Å². The van der Waals surface area contributed by atoms with Crippen molar-refractivity contribution in [1.82, 2.24) is 0 Å². The topological polar surface area (TPSA) is 0 Å². The fraction of sp³-hybridized carbons (Fsp3) is 0.0667. The summed E-state index contributed by atoms with van der Waals surface area (Å²) in [5.41, 5.74) is 1.25. The molecule has 0 fully saturated rings. The number of benzene rings is 2. The van der Waals surface area contributed by atoms with Gasteiger partial charge < -0.3 is 0 Å². The molecule has 0 aromatic heterocycles. The second-order valence-electron chi connectivity index (χ2n) is 3.65. The van der Waals surface area contributed by atoms with Crippen molar-refractivity contribution in [1.29, 1.82) is 0 Å². The molecule has 0 atom stereocenters. The van der Waals surface area contributed by atoms with Gasteiger partial charge in [0.2, 0.25) is 0 Å². The molecule has 0 saturated carbocycles. The molecule has 0 radical (unpaired) electrons. The van der Waals surface area contributed by atoms with Crippen LogP contribution in [-0.2, 0) is 0 Å².